The fourth-order valence-corrected chi connectivity index (χ4v) is 0.904. The number of hydrogen-bond acceptors (Lipinski definition) is 2. The van der Waals surface area contributed by atoms with Crippen LogP contribution in [0.3, 0.4) is 0 Å². The van der Waals surface area contributed by atoms with E-state index in [0.717, 1.165) is 18.3 Å². The van der Waals surface area contributed by atoms with Gasteiger partial charge < -0.3 is 10.2 Å². The quantitative estimate of drug-likeness (QED) is 0.493. The molecule has 3 heteroatoms. The lowest BCUT2D eigenvalue weighted by Gasteiger charge is -1.97. The Morgan fingerprint density at radius 3 is 2.54 bits per heavy atom. The molecule has 3 nitrogen and oxygen atoms in total. The molecule has 0 aliphatic rings. The van der Waals surface area contributed by atoms with Crippen LogP contribution in [0.2, 0.25) is 0 Å². The predicted molar refractivity (Wildman–Crippen MR) is 51.6 cm³/mol. The van der Waals surface area contributed by atoms with Gasteiger partial charge in [-0.2, -0.15) is 0 Å². The standard InChI is InChI=1S/C10H16O3/c1-2-3-5-9(8-11)6-4-7-10(12)13/h3,5,8,11H,2,4,6-7H2,1H3,(H,12,13). The van der Waals surface area contributed by atoms with E-state index in [1.54, 1.807) is 0 Å². The van der Waals surface area contributed by atoms with Crippen LogP contribution in [0.5, 0.6) is 0 Å². The van der Waals surface area contributed by atoms with Gasteiger partial charge in [0.05, 0.1) is 6.26 Å². The van der Waals surface area contributed by atoms with Crippen molar-refractivity contribution in [2.75, 3.05) is 0 Å². The number of allylic oxidation sites excluding steroid dienone is 3. The average molecular weight is 184 g/mol. The van der Waals surface area contributed by atoms with Crippen molar-refractivity contribution in [1.29, 1.82) is 0 Å². The fourth-order valence-electron chi connectivity index (χ4n) is 0.904. The third-order valence-corrected chi connectivity index (χ3v) is 1.59. The highest BCUT2D eigenvalue weighted by Gasteiger charge is 1.98. The topological polar surface area (TPSA) is 57.5 Å². The first kappa shape index (κ1) is 11.8. The molecule has 0 saturated carbocycles. The van der Waals surface area contributed by atoms with E-state index in [9.17, 15) is 4.79 Å². The first-order valence-electron chi connectivity index (χ1n) is 4.42. The molecule has 0 unspecified atom stereocenters. The summed E-state index contributed by atoms with van der Waals surface area (Å²) in [6, 6.07) is 0. The lowest BCUT2D eigenvalue weighted by Crippen LogP contribution is -1.94. The van der Waals surface area contributed by atoms with E-state index in [2.05, 4.69) is 0 Å². The Morgan fingerprint density at radius 1 is 1.38 bits per heavy atom. The highest BCUT2D eigenvalue weighted by Crippen LogP contribution is 2.08. The Bertz CT molecular complexity index is 204. The molecule has 74 valence electrons. The Balaban J connectivity index is 3.74. The molecule has 0 heterocycles. The van der Waals surface area contributed by atoms with Crippen LogP contribution in [0.15, 0.2) is 24.0 Å². The highest BCUT2D eigenvalue weighted by atomic mass is 16.4. The zero-order valence-electron chi connectivity index (χ0n) is 7.86. The van der Waals surface area contributed by atoms with E-state index in [-0.39, 0.29) is 6.42 Å². The third-order valence-electron chi connectivity index (χ3n) is 1.59. The maximum absolute atomic E-state index is 10.2. The lowest BCUT2D eigenvalue weighted by molar-refractivity contribution is -0.137. The van der Waals surface area contributed by atoms with Gasteiger partial charge in [-0.3, -0.25) is 4.79 Å². The van der Waals surface area contributed by atoms with Crippen molar-refractivity contribution in [3.63, 3.8) is 0 Å². The van der Waals surface area contributed by atoms with Gasteiger partial charge in [-0.15, -0.1) is 0 Å². The molecule has 0 fully saturated rings. The van der Waals surface area contributed by atoms with Crippen LogP contribution in [0.1, 0.15) is 32.6 Å². The van der Waals surface area contributed by atoms with E-state index in [0.29, 0.717) is 12.8 Å². The minimum Gasteiger partial charge on any atom is -0.515 e. The van der Waals surface area contributed by atoms with Crippen LogP contribution in [0.4, 0.5) is 0 Å². The molecule has 0 rings (SSSR count). The Hall–Kier alpha value is -1.25. The maximum Gasteiger partial charge on any atom is 0.303 e. The van der Waals surface area contributed by atoms with Gasteiger partial charge in [0.2, 0.25) is 0 Å². The molecule has 0 spiro atoms. The summed E-state index contributed by atoms with van der Waals surface area (Å²) in [7, 11) is 0. The van der Waals surface area contributed by atoms with Crippen molar-refractivity contribution in [3.05, 3.63) is 24.0 Å². The van der Waals surface area contributed by atoms with E-state index in [4.69, 9.17) is 10.2 Å². The number of carboxylic acid groups (broad SMARTS) is 1. The molecular formula is C10H16O3. The van der Waals surface area contributed by atoms with Gasteiger partial charge >= 0.3 is 5.97 Å². The van der Waals surface area contributed by atoms with Gasteiger partial charge in [0.15, 0.2) is 0 Å². The monoisotopic (exact) mass is 184 g/mol. The molecule has 0 aromatic rings. The highest BCUT2D eigenvalue weighted by molar-refractivity contribution is 5.66. The van der Waals surface area contributed by atoms with Gasteiger partial charge in [0.1, 0.15) is 0 Å². The minimum absolute atomic E-state index is 0.150. The maximum atomic E-state index is 10.2. The molecule has 0 saturated heterocycles. The van der Waals surface area contributed by atoms with Crippen molar-refractivity contribution in [1.82, 2.24) is 0 Å². The largest absolute Gasteiger partial charge is 0.515 e. The van der Waals surface area contributed by atoms with E-state index < -0.39 is 5.97 Å². The lowest BCUT2D eigenvalue weighted by atomic mass is 10.1. The summed E-state index contributed by atoms with van der Waals surface area (Å²) in [6.07, 6.45) is 7.03. The second kappa shape index (κ2) is 7.40. The molecular weight excluding hydrogens is 168 g/mol. The number of rotatable bonds is 6. The number of aliphatic carboxylic acids is 1. The van der Waals surface area contributed by atoms with Gasteiger partial charge in [-0.1, -0.05) is 19.1 Å². The average Bonchev–Trinajstić information content (AvgIpc) is 2.10. The second-order valence-electron chi connectivity index (χ2n) is 2.76. The summed E-state index contributed by atoms with van der Waals surface area (Å²) >= 11 is 0. The summed E-state index contributed by atoms with van der Waals surface area (Å²) in [4.78, 5) is 10.2. The Kier molecular flexibility index (Phi) is 6.69. The van der Waals surface area contributed by atoms with Gasteiger partial charge in [-0.25, -0.2) is 0 Å². The zero-order chi connectivity index (χ0) is 10.1. The third kappa shape index (κ3) is 7.12. The molecule has 0 radical (unpaired) electrons. The van der Waals surface area contributed by atoms with Crippen molar-refractivity contribution in [2.45, 2.75) is 32.6 Å². The second-order valence-corrected chi connectivity index (χ2v) is 2.76. The summed E-state index contributed by atoms with van der Waals surface area (Å²) in [6.45, 7) is 2.00. The molecule has 0 bridgehead atoms. The van der Waals surface area contributed by atoms with Crippen LogP contribution in [0, 0.1) is 0 Å². The van der Waals surface area contributed by atoms with Gasteiger partial charge in [0, 0.05) is 6.42 Å². The molecule has 0 aliphatic heterocycles. The predicted octanol–water partition coefficient (Wildman–Crippen LogP) is 2.65. The van der Waals surface area contributed by atoms with E-state index in [1.807, 2.05) is 19.1 Å². The Morgan fingerprint density at radius 2 is 2.08 bits per heavy atom. The first-order valence-corrected chi connectivity index (χ1v) is 4.42. The summed E-state index contributed by atoms with van der Waals surface area (Å²) in [5, 5.41) is 17.1. The van der Waals surface area contributed by atoms with Crippen molar-refractivity contribution in [3.8, 4) is 0 Å². The van der Waals surface area contributed by atoms with Crippen LogP contribution >= 0.6 is 0 Å². The van der Waals surface area contributed by atoms with E-state index >= 15 is 0 Å². The van der Waals surface area contributed by atoms with Crippen LogP contribution in [-0.2, 0) is 4.79 Å². The molecule has 0 aromatic heterocycles. The summed E-state index contributed by atoms with van der Waals surface area (Å²) in [5.41, 5.74) is 0.781. The SMILES string of the molecule is CCC=CC(=CO)CCCC(=O)O. The molecule has 0 aromatic carbocycles. The molecule has 0 aliphatic carbocycles. The summed E-state index contributed by atoms with van der Waals surface area (Å²) in [5.74, 6) is -0.795. The minimum atomic E-state index is -0.795. The van der Waals surface area contributed by atoms with E-state index in [1.165, 1.54) is 0 Å². The van der Waals surface area contributed by atoms with Crippen molar-refractivity contribution in [2.24, 2.45) is 0 Å². The number of hydrogen-bond donors (Lipinski definition) is 2. The molecule has 0 amide bonds. The number of carboxylic acids is 1. The van der Waals surface area contributed by atoms with Crippen molar-refractivity contribution >= 4 is 5.97 Å². The van der Waals surface area contributed by atoms with Gasteiger partial charge in [-0.05, 0) is 24.8 Å². The fraction of sp³-hybridized carbons (Fsp3) is 0.500. The molecule has 13 heavy (non-hydrogen) atoms. The Labute approximate surface area is 78.4 Å². The zero-order valence-corrected chi connectivity index (χ0v) is 7.86. The number of carbonyl (C=O) groups is 1. The van der Waals surface area contributed by atoms with Gasteiger partial charge in [0.25, 0.3) is 0 Å². The van der Waals surface area contributed by atoms with Crippen LogP contribution in [-0.4, -0.2) is 16.2 Å². The first-order chi connectivity index (χ1) is 6.20. The van der Waals surface area contributed by atoms with Crippen LogP contribution < -0.4 is 0 Å². The normalized spacial score (nSPS) is 12.2. The molecule has 2 N–H and O–H groups in total. The smallest absolute Gasteiger partial charge is 0.303 e. The van der Waals surface area contributed by atoms with Crippen LogP contribution in [0.25, 0.3) is 0 Å². The van der Waals surface area contributed by atoms with Crippen molar-refractivity contribution < 1.29 is 15.0 Å². The number of aliphatic hydroxyl groups excluding tert-OH is 1. The molecule has 0 atom stereocenters. The summed E-state index contributed by atoms with van der Waals surface area (Å²) < 4.78 is 0. The number of aliphatic hydroxyl groups is 1.